The highest BCUT2D eigenvalue weighted by Gasteiger charge is 2.36. The predicted molar refractivity (Wildman–Crippen MR) is 121 cm³/mol. The first-order valence-electron chi connectivity index (χ1n) is 10.8. The number of carbonyl (C=O) groups excluding carboxylic acids is 2. The SMILES string of the molecule is C[C@@H]1c2ccsc2CCN1C(=O)[C@H]1CCCN(C(=O)c2cccc3ccccc23)C1. The quantitative estimate of drug-likeness (QED) is 0.594. The Morgan fingerprint density at radius 1 is 1.03 bits per heavy atom. The van der Waals surface area contributed by atoms with Gasteiger partial charge in [-0.3, -0.25) is 9.59 Å². The van der Waals surface area contributed by atoms with Crippen LogP contribution < -0.4 is 0 Å². The van der Waals surface area contributed by atoms with Crippen molar-refractivity contribution in [2.75, 3.05) is 19.6 Å². The molecular weight excluding hydrogens is 392 g/mol. The van der Waals surface area contributed by atoms with Gasteiger partial charge < -0.3 is 9.80 Å². The first-order valence-corrected chi connectivity index (χ1v) is 11.6. The summed E-state index contributed by atoms with van der Waals surface area (Å²) in [5.74, 6) is 0.131. The number of rotatable bonds is 2. The molecule has 2 aliphatic heterocycles. The first-order chi connectivity index (χ1) is 14.6. The lowest BCUT2D eigenvalue weighted by Gasteiger charge is -2.39. The number of piperidine rings is 1. The third-order valence-corrected chi connectivity index (χ3v) is 7.63. The zero-order valence-electron chi connectivity index (χ0n) is 17.2. The summed E-state index contributed by atoms with van der Waals surface area (Å²) in [6.07, 6.45) is 2.67. The molecule has 2 atom stereocenters. The molecule has 0 radical (unpaired) electrons. The van der Waals surface area contributed by atoms with E-state index >= 15 is 0 Å². The monoisotopic (exact) mass is 418 g/mol. The van der Waals surface area contributed by atoms with Crippen molar-refractivity contribution >= 4 is 33.9 Å². The van der Waals surface area contributed by atoms with E-state index in [0.29, 0.717) is 6.54 Å². The van der Waals surface area contributed by atoms with Crippen LogP contribution in [-0.4, -0.2) is 41.2 Å². The highest BCUT2D eigenvalue weighted by Crippen LogP contribution is 2.35. The van der Waals surface area contributed by atoms with Gasteiger partial charge in [-0.25, -0.2) is 0 Å². The number of carbonyl (C=O) groups is 2. The van der Waals surface area contributed by atoms with Crippen LogP contribution in [0, 0.1) is 5.92 Å². The van der Waals surface area contributed by atoms with Gasteiger partial charge in [0.2, 0.25) is 5.91 Å². The minimum Gasteiger partial charge on any atom is -0.338 e. The van der Waals surface area contributed by atoms with E-state index < -0.39 is 0 Å². The smallest absolute Gasteiger partial charge is 0.254 e. The van der Waals surface area contributed by atoms with E-state index in [4.69, 9.17) is 0 Å². The highest BCUT2D eigenvalue weighted by molar-refractivity contribution is 7.10. The third-order valence-electron chi connectivity index (χ3n) is 6.64. The van der Waals surface area contributed by atoms with Crippen LogP contribution >= 0.6 is 11.3 Å². The molecule has 2 aromatic carbocycles. The van der Waals surface area contributed by atoms with Crippen LogP contribution in [0.25, 0.3) is 10.8 Å². The molecule has 0 bridgehead atoms. The molecule has 1 aromatic heterocycles. The molecule has 5 rings (SSSR count). The molecular formula is C25H26N2O2S. The van der Waals surface area contributed by atoms with Crippen molar-refractivity contribution in [1.82, 2.24) is 9.80 Å². The van der Waals surface area contributed by atoms with E-state index in [1.807, 2.05) is 52.3 Å². The molecule has 0 saturated carbocycles. The average Bonchev–Trinajstić information content (AvgIpc) is 3.28. The van der Waals surface area contributed by atoms with E-state index in [1.165, 1.54) is 10.4 Å². The molecule has 154 valence electrons. The van der Waals surface area contributed by atoms with Crippen molar-refractivity contribution in [3.8, 4) is 0 Å². The third kappa shape index (κ3) is 3.31. The Morgan fingerprint density at radius 3 is 2.77 bits per heavy atom. The number of nitrogens with zero attached hydrogens (tertiary/aromatic N) is 2. The Hall–Kier alpha value is -2.66. The van der Waals surface area contributed by atoms with Gasteiger partial charge in [0.1, 0.15) is 0 Å². The fraction of sp³-hybridized carbons (Fsp3) is 0.360. The summed E-state index contributed by atoms with van der Waals surface area (Å²) >= 11 is 1.79. The minimum atomic E-state index is -0.111. The summed E-state index contributed by atoms with van der Waals surface area (Å²) in [6.45, 7) is 4.14. The lowest BCUT2D eigenvalue weighted by Crippen LogP contribution is -2.48. The molecule has 0 aliphatic carbocycles. The molecule has 2 aliphatic rings. The van der Waals surface area contributed by atoms with Gasteiger partial charge in [0.15, 0.2) is 0 Å². The number of likely N-dealkylation sites (tertiary alicyclic amines) is 1. The molecule has 1 saturated heterocycles. The largest absolute Gasteiger partial charge is 0.338 e. The van der Waals surface area contributed by atoms with Crippen LogP contribution in [0.5, 0.6) is 0 Å². The highest BCUT2D eigenvalue weighted by atomic mass is 32.1. The Labute approximate surface area is 181 Å². The molecule has 5 heteroatoms. The molecule has 0 N–H and O–H groups in total. The first kappa shape index (κ1) is 19.3. The summed E-state index contributed by atoms with van der Waals surface area (Å²) in [7, 11) is 0. The standard InChI is InChI=1S/C25H26N2O2S/c1-17-20-12-15-30-23(20)11-14-27(17)24(28)19-8-5-13-26(16-19)25(29)22-10-4-7-18-6-2-3-9-21(18)22/h2-4,6-7,9-10,12,15,17,19H,5,8,11,13-14,16H2,1H3/t17-,19+/m1/s1. The van der Waals surface area contributed by atoms with Gasteiger partial charge in [-0.05, 0) is 60.0 Å². The van der Waals surface area contributed by atoms with Crippen LogP contribution in [0.3, 0.4) is 0 Å². The Morgan fingerprint density at radius 2 is 1.87 bits per heavy atom. The number of thiophene rings is 1. The van der Waals surface area contributed by atoms with E-state index in [-0.39, 0.29) is 23.8 Å². The topological polar surface area (TPSA) is 40.6 Å². The van der Waals surface area contributed by atoms with Crippen molar-refractivity contribution in [3.63, 3.8) is 0 Å². The molecule has 30 heavy (non-hydrogen) atoms. The lowest BCUT2D eigenvalue weighted by molar-refractivity contribution is -0.139. The number of hydrogen-bond donors (Lipinski definition) is 0. The van der Waals surface area contributed by atoms with Gasteiger partial charge in [0.25, 0.3) is 5.91 Å². The predicted octanol–water partition coefficient (Wildman–Crippen LogP) is 4.90. The Balaban J connectivity index is 1.35. The summed E-state index contributed by atoms with van der Waals surface area (Å²) in [5, 5.41) is 4.18. The fourth-order valence-corrected chi connectivity index (χ4v) is 5.95. The second kappa shape index (κ2) is 7.88. The van der Waals surface area contributed by atoms with Gasteiger partial charge in [0.05, 0.1) is 12.0 Å². The second-order valence-corrected chi connectivity index (χ2v) is 9.37. The fourth-order valence-electron chi connectivity index (χ4n) is 4.99. The summed E-state index contributed by atoms with van der Waals surface area (Å²) in [6, 6.07) is 16.2. The van der Waals surface area contributed by atoms with E-state index in [0.717, 1.165) is 48.7 Å². The lowest BCUT2D eigenvalue weighted by atomic mass is 9.92. The molecule has 2 amide bonds. The van der Waals surface area contributed by atoms with Crippen molar-refractivity contribution in [2.45, 2.75) is 32.2 Å². The molecule has 1 fully saturated rings. The van der Waals surface area contributed by atoms with Crippen molar-refractivity contribution < 1.29 is 9.59 Å². The van der Waals surface area contributed by atoms with Gasteiger partial charge in [-0.2, -0.15) is 0 Å². The maximum Gasteiger partial charge on any atom is 0.254 e. The van der Waals surface area contributed by atoms with Crippen molar-refractivity contribution in [1.29, 1.82) is 0 Å². The summed E-state index contributed by atoms with van der Waals surface area (Å²) < 4.78 is 0. The number of benzene rings is 2. The van der Waals surface area contributed by atoms with Gasteiger partial charge >= 0.3 is 0 Å². The zero-order chi connectivity index (χ0) is 20.7. The van der Waals surface area contributed by atoms with Gasteiger partial charge in [-0.15, -0.1) is 11.3 Å². The van der Waals surface area contributed by atoms with Crippen molar-refractivity contribution in [2.24, 2.45) is 5.92 Å². The zero-order valence-corrected chi connectivity index (χ0v) is 18.0. The van der Waals surface area contributed by atoms with Crippen molar-refractivity contribution in [3.05, 3.63) is 69.9 Å². The normalized spacial score (nSPS) is 21.5. The second-order valence-electron chi connectivity index (χ2n) is 8.37. The Bertz CT molecular complexity index is 1100. The van der Waals surface area contributed by atoms with E-state index in [2.05, 4.69) is 18.4 Å². The van der Waals surface area contributed by atoms with E-state index in [9.17, 15) is 9.59 Å². The average molecular weight is 419 g/mol. The number of fused-ring (bicyclic) bond motifs is 2. The van der Waals surface area contributed by atoms with Crippen LogP contribution in [-0.2, 0) is 11.2 Å². The van der Waals surface area contributed by atoms with Crippen LogP contribution in [0.15, 0.2) is 53.9 Å². The van der Waals surface area contributed by atoms with Gasteiger partial charge in [0, 0.05) is 30.1 Å². The molecule has 0 unspecified atom stereocenters. The van der Waals surface area contributed by atoms with Gasteiger partial charge in [-0.1, -0.05) is 36.4 Å². The molecule has 3 heterocycles. The summed E-state index contributed by atoms with van der Waals surface area (Å²) in [5.41, 5.74) is 2.02. The Kier molecular flexibility index (Phi) is 5.07. The van der Waals surface area contributed by atoms with Crippen LogP contribution in [0.2, 0.25) is 0 Å². The summed E-state index contributed by atoms with van der Waals surface area (Å²) in [4.78, 5) is 32.1. The van der Waals surface area contributed by atoms with Crippen LogP contribution in [0.1, 0.15) is 46.6 Å². The maximum absolute atomic E-state index is 13.4. The van der Waals surface area contributed by atoms with E-state index in [1.54, 1.807) is 11.3 Å². The maximum atomic E-state index is 13.4. The number of hydrogen-bond acceptors (Lipinski definition) is 3. The molecule has 0 spiro atoms. The van der Waals surface area contributed by atoms with Crippen LogP contribution in [0.4, 0.5) is 0 Å². The minimum absolute atomic E-state index is 0.0381. The molecule has 3 aromatic rings. The molecule has 4 nitrogen and oxygen atoms in total. The number of amides is 2.